The first-order valence-electron chi connectivity index (χ1n) is 11.2. The van der Waals surface area contributed by atoms with Crippen LogP contribution >= 0.6 is 0 Å². The first kappa shape index (κ1) is 26.5. The molecule has 0 aliphatic carbocycles. The van der Waals surface area contributed by atoms with Crippen molar-refractivity contribution in [3.63, 3.8) is 0 Å². The quantitative estimate of drug-likeness (QED) is 0.457. The number of hydrogen-bond acceptors (Lipinski definition) is 7. The van der Waals surface area contributed by atoms with Crippen molar-refractivity contribution in [2.24, 2.45) is 10.3 Å². The zero-order chi connectivity index (χ0) is 26.0. The van der Waals surface area contributed by atoms with Gasteiger partial charge in [-0.1, -0.05) is 39.3 Å². The highest BCUT2D eigenvalue weighted by molar-refractivity contribution is 7.92. The molecule has 0 fully saturated rings. The van der Waals surface area contributed by atoms with E-state index in [4.69, 9.17) is 0 Å². The van der Waals surface area contributed by atoms with Crippen LogP contribution in [0.3, 0.4) is 0 Å². The van der Waals surface area contributed by atoms with E-state index in [1.807, 2.05) is 26.8 Å². The molecule has 3 N–H and O–H groups in total. The Labute approximate surface area is 205 Å². The number of aromatic nitrogens is 1. The fourth-order valence-corrected chi connectivity index (χ4v) is 5.20. The van der Waals surface area contributed by atoms with E-state index in [1.165, 1.54) is 16.7 Å². The van der Waals surface area contributed by atoms with Crippen LogP contribution in [0, 0.1) is 5.92 Å². The summed E-state index contributed by atoms with van der Waals surface area (Å²) in [5.74, 6) is -0.346. The molecule has 1 aromatic carbocycles. The summed E-state index contributed by atoms with van der Waals surface area (Å²) in [6.07, 6.45) is 8.45. The van der Waals surface area contributed by atoms with Crippen molar-refractivity contribution in [1.82, 2.24) is 4.57 Å². The second-order valence-electron chi connectivity index (χ2n) is 8.81. The van der Waals surface area contributed by atoms with Crippen molar-refractivity contribution in [1.29, 1.82) is 0 Å². The molecule has 0 atom stereocenters. The van der Waals surface area contributed by atoms with Gasteiger partial charge in [0.1, 0.15) is 16.2 Å². The lowest BCUT2D eigenvalue weighted by molar-refractivity contribution is 0.462. The third-order valence-corrected chi connectivity index (χ3v) is 7.17. The van der Waals surface area contributed by atoms with Crippen LogP contribution in [0.4, 0.5) is 11.4 Å². The van der Waals surface area contributed by atoms with Crippen LogP contribution in [-0.4, -0.2) is 38.6 Å². The third-order valence-electron chi connectivity index (χ3n) is 5.24. The standard InChI is InChI=1S/C23H30N4O6S2/c1-5-6-7-8-16-14-27(12-11-15(2)3)23(29)20(21(16)28)22-24-18-10-9-17(25-34(4,30)31)13-19(18)35(32,33)26-22/h7-10,13-15,25,28H,5-6,11-12H2,1-4H3,(H,24,26)/b8-7+. The first-order chi connectivity index (χ1) is 16.3. The number of benzene rings is 1. The van der Waals surface area contributed by atoms with Crippen molar-refractivity contribution in [2.45, 2.75) is 51.5 Å². The van der Waals surface area contributed by atoms with Gasteiger partial charge < -0.3 is 15.0 Å². The molecule has 0 bridgehead atoms. The number of pyridine rings is 1. The van der Waals surface area contributed by atoms with Gasteiger partial charge in [0.05, 0.1) is 11.9 Å². The second-order valence-corrected chi connectivity index (χ2v) is 12.1. The minimum atomic E-state index is -4.31. The highest BCUT2D eigenvalue weighted by Gasteiger charge is 2.30. The number of aryl methyl sites for hydroxylation is 1. The van der Waals surface area contributed by atoms with Gasteiger partial charge in [0.2, 0.25) is 10.0 Å². The predicted molar refractivity (Wildman–Crippen MR) is 138 cm³/mol. The minimum Gasteiger partial charge on any atom is -0.506 e. The van der Waals surface area contributed by atoms with Crippen LogP contribution in [0.15, 0.2) is 44.6 Å². The molecule has 1 aliphatic rings. The van der Waals surface area contributed by atoms with Gasteiger partial charge in [0, 0.05) is 24.0 Å². The number of aromatic hydroxyl groups is 1. The number of unbranched alkanes of at least 4 members (excludes halogenated alkanes) is 1. The fourth-order valence-electron chi connectivity index (χ4n) is 3.50. The summed E-state index contributed by atoms with van der Waals surface area (Å²) in [6.45, 7) is 6.45. The van der Waals surface area contributed by atoms with E-state index in [-0.39, 0.29) is 33.4 Å². The Hall–Kier alpha value is -3.12. The molecule has 10 nitrogen and oxygen atoms in total. The predicted octanol–water partition coefficient (Wildman–Crippen LogP) is 3.35. The highest BCUT2D eigenvalue weighted by Crippen LogP contribution is 2.33. The molecule has 2 heterocycles. The van der Waals surface area contributed by atoms with Gasteiger partial charge in [-0.05, 0) is 37.0 Å². The summed E-state index contributed by atoms with van der Waals surface area (Å²) in [4.78, 5) is 13.0. The Morgan fingerprint density at radius 1 is 1.29 bits per heavy atom. The van der Waals surface area contributed by atoms with Crippen LogP contribution in [-0.2, 0) is 26.6 Å². The number of hydrogen-bond donors (Lipinski definition) is 3. The largest absolute Gasteiger partial charge is 0.506 e. The van der Waals surface area contributed by atoms with Crippen LogP contribution < -0.4 is 15.6 Å². The smallest absolute Gasteiger partial charge is 0.286 e. The van der Waals surface area contributed by atoms with Crippen molar-refractivity contribution in [3.05, 3.63) is 52.0 Å². The zero-order valence-electron chi connectivity index (χ0n) is 20.1. The van der Waals surface area contributed by atoms with E-state index in [9.17, 15) is 26.7 Å². The number of fused-ring (bicyclic) bond motifs is 1. The molecular formula is C23H30N4O6S2. The van der Waals surface area contributed by atoms with Gasteiger partial charge in [0.15, 0.2) is 5.84 Å². The Kier molecular flexibility index (Phi) is 7.75. The maximum Gasteiger partial charge on any atom is 0.286 e. The number of nitrogens with one attached hydrogen (secondary N) is 2. The number of nitrogens with zero attached hydrogens (tertiary/aromatic N) is 2. The Balaban J connectivity index is 2.15. The van der Waals surface area contributed by atoms with Crippen LogP contribution in [0.25, 0.3) is 6.08 Å². The van der Waals surface area contributed by atoms with Crippen molar-refractivity contribution in [2.75, 3.05) is 16.3 Å². The van der Waals surface area contributed by atoms with Crippen LogP contribution in [0.5, 0.6) is 5.75 Å². The van der Waals surface area contributed by atoms with E-state index in [2.05, 4.69) is 14.4 Å². The molecule has 0 saturated heterocycles. The first-order valence-corrected chi connectivity index (χ1v) is 14.5. The normalized spacial score (nSPS) is 15.1. The van der Waals surface area contributed by atoms with Gasteiger partial charge in [-0.15, -0.1) is 4.40 Å². The number of allylic oxidation sites excluding steroid dienone is 1. The molecule has 1 aromatic heterocycles. The summed E-state index contributed by atoms with van der Waals surface area (Å²) in [7, 11) is -7.93. The van der Waals surface area contributed by atoms with Crippen molar-refractivity contribution < 1.29 is 21.9 Å². The van der Waals surface area contributed by atoms with Gasteiger partial charge in [0.25, 0.3) is 15.6 Å². The zero-order valence-corrected chi connectivity index (χ0v) is 21.7. The van der Waals surface area contributed by atoms with E-state index in [0.717, 1.165) is 25.2 Å². The minimum absolute atomic E-state index is 0.0530. The molecule has 0 spiro atoms. The summed E-state index contributed by atoms with van der Waals surface area (Å²) in [5.41, 5.74) is -0.293. The monoisotopic (exact) mass is 522 g/mol. The highest BCUT2D eigenvalue weighted by atomic mass is 32.2. The van der Waals surface area contributed by atoms with Crippen LogP contribution in [0.2, 0.25) is 0 Å². The molecular weight excluding hydrogens is 492 g/mol. The Morgan fingerprint density at radius 2 is 2.00 bits per heavy atom. The van der Waals surface area contributed by atoms with E-state index >= 15 is 0 Å². The Bertz CT molecular complexity index is 1460. The molecule has 1 aliphatic heterocycles. The lowest BCUT2D eigenvalue weighted by atomic mass is 10.1. The van der Waals surface area contributed by atoms with Crippen LogP contribution in [0.1, 0.15) is 51.2 Å². The Morgan fingerprint density at radius 3 is 2.63 bits per heavy atom. The lowest BCUT2D eigenvalue weighted by Gasteiger charge is -2.21. The van der Waals surface area contributed by atoms with Gasteiger partial charge in [-0.25, -0.2) is 8.42 Å². The number of rotatable bonds is 9. The van der Waals surface area contributed by atoms with Crippen molar-refractivity contribution in [3.8, 4) is 5.75 Å². The summed E-state index contributed by atoms with van der Waals surface area (Å²) < 4.78 is 56.4. The van der Waals surface area contributed by atoms with Gasteiger partial charge in [-0.3, -0.25) is 9.52 Å². The SMILES string of the molecule is CCC/C=C/c1cn(CCC(C)C)c(=O)c(C2=NS(=O)(=O)c3cc(NS(C)(=O)=O)ccc3N2)c1O. The maximum absolute atomic E-state index is 13.3. The van der Waals surface area contributed by atoms with Gasteiger partial charge in [-0.2, -0.15) is 8.42 Å². The molecule has 0 radical (unpaired) electrons. The molecule has 190 valence electrons. The summed E-state index contributed by atoms with van der Waals surface area (Å²) in [6, 6.07) is 3.90. The molecule has 0 amide bonds. The average Bonchev–Trinajstić information content (AvgIpc) is 2.73. The van der Waals surface area contributed by atoms with Gasteiger partial charge >= 0.3 is 0 Å². The molecule has 12 heteroatoms. The number of anilines is 2. The maximum atomic E-state index is 13.3. The molecule has 3 rings (SSSR count). The molecule has 0 saturated carbocycles. The topological polar surface area (TPSA) is 147 Å². The van der Waals surface area contributed by atoms with E-state index < -0.39 is 25.6 Å². The summed E-state index contributed by atoms with van der Waals surface area (Å²) in [5, 5.41) is 13.8. The number of sulfonamides is 2. The third kappa shape index (κ3) is 6.31. The lowest BCUT2D eigenvalue weighted by Crippen LogP contribution is -2.33. The molecule has 35 heavy (non-hydrogen) atoms. The van der Waals surface area contributed by atoms with E-state index in [0.29, 0.717) is 24.4 Å². The molecule has 0 unspecified atom stereocenters. The fraction of sp³-hybridized carbons (Fsp3) is 0.391. The van der Waals surface area contributed by atoms with E-state index in [1.54, 1.807) is 12.3 Å². The number of amidine groups is 1. The summed E-state index contributed by atoms with van der Waals surface area (Å²) >= 11 is 0. The second kappa shape index (κ2) is 10.2. The molecule has 2 aromatic rings. The average molecular weight is 523 g/mol. The van der Waals surface area contributed by atoms with Crippen molar-refractivity contribution >= 4 is 43.3 Å².